The van der Waals surface area contributed by atoms with Crippen LogP contribution in [0.3, 0.4) is 0 Å². The molecule has 0 unspecified atom stereocenters. The maximum absolute atomic E-state index is 14.1. The SMILES string of the molecule is C/C=C(F)\C(=C/CC)N1Cc2cnc(-c3ccccn3)nc2C1. The van der Waals surface area contributed by atoms with E-state index in [-0.39, 0.29) is 5.83 Å². The number of pyridine rings is 1. The van der Waals surface area contributed by atoms with Crippen molar-refractivity contribution < 1.29 is 4.39 Å². The zero-order chi connectivity index (χ0) is 16.2. The van der Waals surface area contributed by atoms with Crippen molar-refractivity contribution in [3.8, 4) is 11.5 Å². The Morgan fingerprint density at radius 1 is 1.30 bits per heavy atom. The summed E-state index contributed by atoms with van der Waals surface area (Å²) in [6.45, 7) is 4.93. The number of hydrogen-bond acceptors (Lipinski definition) is 4. The Bertz CT molecular complexity index is 753. The molecule has 0 aliphatic carbocycles. The first-order valence-corrected chi connectivity index (χ1v) is 7.76. The van der Waals surface area contributed by atoms with E-state index in [1.165, 1.54) is 6.08 Å². The summed E-state index contributed by atoms with van der Waals surface area (Å²) in [6.07, 6.45) is 7.74. The van der Waals surface area contributed by atoms with Gasteiger partial charge in [-0.05, 0) is 31.6 Å². The quantitative estimate of drug-likeness (QED) is 0.800. The molecule has 0 saturated carbocycles. The Labute approximate surface area is 135 Å². The van der Waals surface area contributed by atoms with E-state index in [1.54, 1.807) is 13.1 Å². The number of fused-ring (bicyclic) bond motifs is 1. The van der Waals surface area contributed by atoms with E-state index in [0.29, 0.717) is 24.6 Å². The fourth-order valence-electron chi connectivity index (χ4n) is 2.66. The lowest BCUT2D eigenvalue weighted by molar-refractivity contribution is 0.348. The summed E-state index contributed by atoms with van der Waals surface area (Å²) in [5.41, 5.74) is 3.35. The first kappa shape index (κ1) is 15.3. The van der Waals surface area contributed by atoms with Crippen molar-refractivity contribution in [3.05, 3.63) is 65.5 Å². The predicted molar refractivity (Wildman–Crippen MR) is 87.7 cm³/mol. The summed E-state index contributed by atoms with van der Waals surface area (Å²) in [6, 6.07) is 5.66. The smallest absolute Gasteiger partial charge is 0.178 e. The first-order valence-electron chi connectivity index (χ1n) is 7.76. The molecule has 1 aliphatic rings. The normalized spacial score (nSPS) is 15.0. The van der Waals surface area contributed by atoms with Gasteiger partial charge < -0.3 is 4.90 Å². The third-order valence-electron chi connectivity index (χ3n) is 3.79. The van der Waals surface area contributed by atoms with Crippen LogP contribution < -0.4 is 0 Å². The van der Waals surface area contributed by atoms with E-state index in [0.717, 1.165) is 23.4 Å². The molecule has 0 bridgehead atoms. The van der Waals surface area contributed by atoms with Gasteiger partial charge in [-0.3, -0.25) is 4.98 Å². The molecule has 0 atom stereocenters. The third kappa shape index (κ3) is 3.13. The molecule has 0 fully saturated rings. The van der Waals surface area contributed by atoms with Gasteiger partial charge in [0.25, 0.3) is 0 Å². The molecule has 0 amide bonds. The van der Waals surface area contributed by atoms with Crippen LogP contribution in [0.2, 0.25) is 0 Å². The molecule has 23 heavy (non-hydrogen) atoms. The highest BCUT2D eigenvalue weighted by Crippen LogP contribution is 2.29. The lowest BCUT2D eigenvalue weighted by atomic mass is 10.2. The van der Waals surface area contributed by atoms with Crippen LogP contribution >= 0.6 is 0 Å². The molecule has 2 aromatic rings. The van der Waals surface area contributed by atoms with Gasteiger partial charge in [-0.15, -0.1) is 0 Å². The summed E-state index contributed by atoms with van der Waals surface area (Å²) in [7, 11) is 0. The van der Waals surface area contributed by atoms with E-state index in [4.69, 9.17) is 0 Å². The fraction of sp³-hybridized carbons (Fsp3) is 0.278. The second-order valence-corrected chi connectivity index (χ2v) is 5.37. The topological polar surface area (TPSA) is 41.9 Å². The summed E-state index contributed by atoms with van der Waals surface area (Å²) in [5, 5.41) is 0. The molecule has 5 heteroatoms. The van der Waals surface area contributed by atoms with Crippen LogP contribution in [-0.2, 0) is 13.1 Å². The van der Waals surface area contributed by atoms with Gasteiger partial charge in [0.2, 0.25) is 0 Å². The van der Waals surface area contributed by atoms with Gasteiger partial charge in [0, 0.05) is 24.5 Å². The largest absolute Gasteiger partial charge is 0.359 e. The van der Waals surface area contributed by atoms with Crippen LogP contribution in [0, 0.1) is 0 Å². The molecule has 2 aromatic heterocycles. The Kier molecular flexibility index (Phi) is 4.46. The number of aromatic nitrogens is 3. The van der Waals surface area contributed by atoms with Crippen molar-refractivity contribution in [1.82, 2.24) is 19.9 Å². The van der Waals surface area contributed by atoms with Gasteiger partial charge >= 0.3 is 0 Å². The van der Waals surface area contributed by atoms with E-state index >= 15 is 0 Å². The molecule has 3 rings (SSSR count). The number of nitrogens with zero attached hydrogens (tertiary/aromatic N) is 4. The van der Waals surface area contributed by atoms with Gasteiger partial charge in [0.1, 0.15) is 11.5 Å². The molecular weight excluding hydrogens is 291 g/mol. The summed E-state index contributed by atoms with van der Waals surface area (Å²) < 4.78 is 14.1. The number of rotatable bonds is 4. The zero-order valence-corrected chi connectivity index (χ0v) is 13.3. The molecule has 0 aromatic carbocycles. The molecule has 4 nitrogen and oxygen atoms in total. The van der Waals surface area contributed by atoms with E-state index in [2.05, 4.69) is 15.0 Å². The van der Waals surface area contributed by atoms with Gasteiger partial charge in [-0.25, -0.2) is 14.4 Å². The highest BCUT2D eigenvalue weighted by molar-refractivity contribution is 5.49. The molecule has 0 saturated heterocycles. The van der Waals surface area contributed by atoms with E-state index < -0.39 is 0 Å². The molecule has 0 spiro atoms. The van der Waals surface area contributed by atoms with Crippen LogP contribution in [0.4, 0.5) is 4.39 Å². The van der Waals surface area contributed by atoms with Crippen molar-refractivity contribution in [3.63, 3.8) is 0 Å². The lowest BCUT2D eigenvalue weighted by Crippen LogP contribution is -2.16. The molecule has 0 N–H and O–H groups in total. The van der Waals surface area contributed by atoms with Crippen molar-refractivity contribution in [2.75, 3.05) is 0 Å². The Balaban J connectivity index is 1.88. The second kappa shape index (κ2) is 6.69. The lowest BCUT2D eigenvalue weighted by Gasteiger charge is -2.20. The Morgan fingerprint density at radius 2 is 2.17 bits per heavy atom. The van der Waals surface area contributed by atoms with Crippen molar-refractivity contribution in [1.29, 1.82) is 0 Å². The maximum Gasteiger partial charge on any atom is 0.178 e. The Morgan fingerprint density at radius 3 is 2.87 bits per heavy atom. The van der Waals surface area contributed by atoms with E-state index in [9.17, 15) is 4.39 Å². The summed E-state index contributed by atoms with van der Waals surface area (Å²) in [4.78, 5) is 15.3. The molecular formula is C18H19FN4. The molecule has 0 radical (unpaired) electrons. The maximum atomic E-state index is 14.1. The minimum Gasteiger partial charge on any atom is -0.359 e. The van der Waals surface area contributed by atoms with Crippen LogP contribution in [0.25, 0.3) is 11.5 Å². The fourth-order valence-corrected chi connectivity index (χ4v) is 2.66. The van der Waals surface area contributed by atoms with Crippen LogP contribution in [0.15, 0.2) is 54.3 Å². The zero-order valence-electron chi connectivity index (χ0n) is 13.3. The minimum absolute atomic E-state index is 0.197. The minimum atomic E-state index is -0.197. The van der Waals surface area contributed by atoms with Crippen LogP contribution in [-0.4, -0.2) is 19.9 Å². The van der Waals surface area contributed by atoms with Gasteiger partial charge in [-0.1, -0.05) is 19.1 Å². The average Bonchev–Trinajstić information content (AvgIpc) is 3.02. The molecule has 118 valence electrons. The molecule has 1 aliphatic heterocycles. The van der Waals surface area contributed by atoms with Crippen LogP contribution in [0.5, 0.6) is 0 Å². The Hall–Kier alpha value is -2.56. The predicted octanol–water partition coefficient (Wildman–Crippen LogP) is 4.02. The summed E-state index contributed by atoms with van der Waals surface area (Å²) in [5.74, 6) is 0.413. The number of halogens is 1. The standard InChI is InChI=1S/C18H19FN4/c1-3-7-17(14(19)4-2)23-11-13-10-21-18(22-16(13)12-23)15-8-5-6-9-20-15/h4-10H,3,11-12H2,1-2H3/b14-4+,17-7+. The highest BCUT2D eigenvalue weighted by Gasteiger charge is 2.24. The highest BCUT2D eigenvalue weighted by atomic mass is 19.1. The molecule has 3 heterocycles. The van der Waals surface area contributed by atoms with Gasteiger partial charge in [-0.2, -0.15) is 0 Å². The average molecular weight is 310 g/mol. The first-order chi connectivity index (χ1) is 11.2. The van der Waals surface area contributed by atoms with E-state index in [1.807, 2.05) is 42.3 Å². The third-order valence-corrected chi connectivity index (χ3v) is 3.79. The summed E-state index contributed by atoms with van der Waals surface area (Å²) >= 11 is 0. The van der Waals surface area contributed by atoms with Crippen LogP contribution in [0.1, 0.15) is 31.5 Å². The van der Waals surface area contributed by atoms with Crippen molar-refractivity contribution >= 4 is 0 Å². The van der Waals surface area contributed by atoms with Crippen molar-refractivity contribution in [2.45, 2.75) is 33.4 Å². The monoisotopic (exact) mass is 310 g/mol. The second-order valence-electron chi connectivity index (χ2n) is 5.37. The number of allylic oxidation sites excluding steroid dienone is 3. The number of hydrogen-bond donors (Lipinski definition) is 0. The van der Waals surface area contributed by atoms with Gasteiger partial charge in [0.15, 0.2) is 5.82 Å². The van der Waals surface area contributed by atoms with Crippen molar-refractivity contribution in [2.24, 2.45) is 0 Å². The van der Waals surface area contributed by atoms with Gasteiger partial charge in [0.05, 0.1) is 17.9 Å².